The fourth-order valence-electron chi connectivity index (χ4n) is 2.28. The lowest BCUT2D eigenvalue weighted by atomic mass is 10.0. The molecule has 0 aliphatic carbocycles. The van der Waals surface area contributed by atoms with E-state index < -0.39 is 5.91 Å². The molecule has 0 aliphatic rings. The minimum Gasteiger partial charge on any atom is -0.366 e. The summed E-state index contributed by atoms with van der Waals surface area (Å²) in [5.41, 5.74) is 8.11. The summed E-state index contributed by atoms with van der Waals surface area (Å²) in [6.45, 7) is 0. The van der Waals surface area contributed by atoms with Gasteiger partial charge in [-0.15, -0.1) is 0 Å². The quantitative estimate of drug-likeness (QED) is 0.796. The van der Waals surface area contributed by atoms with E-state index in [4.69, 9.17) is 28.9 Å². The van der Waals surface area contributed by atoms with Gasteiger partial charge in [-0.25, -0.2) is 0 Å². The molecule has 0 atom stereocenters. The number of carbonyl (C=O) groups is 1. The number of fused-ring (bicyclic) bond motifs is 1. The van der Waals surface area contributed by atoms with Crippen LogP contribution in [-0.2, 0) is 6.42 Å². The average molecular weight is 332 g/mol. The highest BCUT2D eigenvalue weighted by Gasteiger charge is 2.08. The molecule has 2 heterocycles. The summed E-state index contributed by atoms with van der Waals surface area (Å²) in [5.74, 6) is -0.476. The van der Waals surface area contributed by atoms with Crippen LogP contribution >= 0.6 is 23.2 Å². The third kappa shape index (κ3) is 3.03. The number of aromatic nitrogens is 2. The van der Waals surface area contributed by atoms with E-state index in [1.807, 2.05) is 18.2 Å². The van der Waals surface area contributed by atoms with E-state index in [9.17, 15) is 4.79 Å². The Kier molecular flexibility index (Phi) is 3.96. The van der Waals surface area contributed by atoms with E-state index in [0.29, 0.717) is 27.5 Å². The monoisotopic (exact) mass is 331 g/mol. The van der Waals surface area contributed by atoms with Crippen LogP contribution in [0.1, 0.15) is 21.6 Å². The molecule has 2 aromatic heterocycles. The summed E-state index contributed by atoms with van der Waals surface area (Å²) in [6, 6.07) is 8.87. The minimum absolute atomic E-state index is 0.432. The predicted octanol–water partition coefficient (Wildman–Crippen LogP) is 3.63. The van der Waals surface area contributed by atoms with Gasteiger partial charge < -0.3 is 5.73 Å². The maximum Gasteiger partial charge on any atom is 0.248 e. The molecular formula is C16H11Cl2N3O. The summed E-state index contributed by atoms with van der Waals surface area (Å²) in [5, 5.41) is 1.96. The first kappa shape index (κ1) is 14.8. The molecular weight excluding hydrogens is 321 g/mol. The van der Waals surface area contributed by atoms with E-state index >= 15 is 0 Å². The molecule has 0 aliphatic heterocycles. The van der Waals surface area contributed by atoms with E-state index in [-0.39, 0.29) is 0 Å². The van der Waals surface area contributed by atoms with Crippen molar-refractivity contribution < 1.29 is 4.79 Å². The molecule has 1 amide bonds. The van der Waals surface area contributed by atoms with Crippen molar-refractivity contribution in [1.29, 1.82) is 0 Å². The summed E-state index contributed by atoms with van der Waals surface area (Å²) in [4.78, 5) is 19.7. The van der Waals surface area contributed by atoms with Gasteiger partial charge in [0.25, 0.3) is 0 Å². The molecule has 0 fully saturated rings. The van der Waals surface area contributed by atoms with Gasteiger partial charge in [-0.2, -0.15) is 0 Å². The molecule has 0 saturated carbocycles. The Balaban J connectivity index is 2.00. The zero-order valence-corrected chi connectivity index (χ0v) is 12.9. The van der Waals surface area contributed by atoms with Crippen LogP contribution in [0.5, 0.6) is 0 Å². The molecule has 1 aromatic carbocycles. The van der Waals surface area contributed by atoms with Crippen molar-refractivity contribution in [1.82, 2.24) is 9.97 Å². The Bertz CT molecular complexity index is 880. The predicted molar refractivity (Wildman–Crippen MR) is 87.3 cm³/mol. The fourth-order valence-corrected chi connectivity index (χ4v) is 2.74. The number of hydrogen-bond donors (Lipinski definition) is 1. The number of benzene rings is 1. The smallest absolute Gasteiger partial charge is 0.248 e. The highest BCUT2D eigenvalue weighted by molar-refractivity contribution is 6.35. The number of halogens is 2. The first-order valence-corrected chi connectivity index (χ1v) is 7.27. The van der Waals surface area contributed by atoms with Crippen LogP contribution in [0.25, 0.3) is 10.9 Å². The van der Waals surface area contributed by atoms with Gasteiger partial charge in [-0.3, -0.25) is 14.8 Å². The molecule has 6 heteroatoms. The summed E-state index contributed by atoms with van der Waals surface area (Å²) in [7, 11) is 0. The normalized spacial score (nSPS) is 10.8. The van der Waals surface area contributed by atoms with Gasteiger partial charge in [0.2, 0.25) is 5.91 Å². The van der Waals surface area contributed by atoms with Crippen molar-refractivity contribution in [3.8, 4) is 0 Å². The molecule has 3 aromatic rings. The van der Waals surface area contributed by atoms with Crippen LogP contribution in [0.2, 0.25) is 10.0 Å². The largest absolute Gasteiger partial charge is 0.366 e. The molecule has 110 valence electrons. The van der Waals surface area contributed by atoms with Crippen LogP contribution < -0.4 is 5.73 Å². The SMILES string of the molecule is NC(=O)c1ccnc(Cc2cc(Cl)c3ncc(Cl)cc3c2)c1. The Morgan fingerprint density at radius 2 is 1.95 bits per heavy atom. The number of nitrogens with zero attached hydrogens (tertiary/aromatic N) is 2. The molecule has 0 spiro atoms. The molecule has 0 bridgehead atoms. The maximum absolute atomic E-state index is 11.2. The lowest BCUT2D eigenvalue weighted by Gasteiger charge is -2.06. The maximum atomic E-state index is 11.2. The van der Waals surface area contributed by atoms with Crippen molar-refractivity contribution in [3.05, 3.63) is 69.6 Å². The van der Waals surface area contributed by atoms with Crippen LogP contribution in [0, 0.1) is 0 Å². The van der Waals surface area contributed by atoms with Gasteiger partial charge in [-0.1, -0.05) is 23.2 Å². The zero-order chi connectivity index (χ0) is 15.7. The highest BCUT2D eigenvalue weighted by Crippen LogP contribution is 2.26. The molecule has 2 N–H and O–H groups in total. The second kappa shape index (κ2) is 5.91. The van der Waals surface area contributed by atoms with Crippen molar-refractivity contribution >= 4 is 40.0 Å². The number of carbonyl (C=O) groups excluding carboxylic acids is 1. The summed E-state index contributed by atoms with van der Waals surface area (Å²) in [6.07, 6.45) is 3.66. The van der Waals surface area contributed by atoms with Crippen LogP contribution in [0.4, 0.5) is 0 Å². The number of hydrogen-bond acceptors (Lipinski definition) is 3. The fraction of sp³-hybridized carbons (Fsp3) is 0.0625. The Morgan fingerprint density at radius 3 is 2.73 bits per heavy atom. The Labute approximate surface area is 136 Å². The molecule has 3 rings (SSSR count). The third-order valence-corrected chi connectivity index (χ3v) is 3.74. The number of pyridine rings is 2. The van der Waals surface area contributed by atoms with Crippen molar-refractivity contribution in [2.75, 3.05) is 0 Å². The molecule has 0 saturated heterocycles. The summed E-state index contributed by atoms with van der Waals surface area (Å²) >= 11 is 12.2. The average Bonchev–Trinajstić information content (AvgIpc) is 2.47. The van der Waals surface area contributed by atoms with Crippen molar-refractivity contribution in [2.45, 2.75) is 6.42 Å². The minimum atomic E-state index is -0.476. The molecule has 22 heavy (non-hydrogen) atoms. The first-order chi connectivity index (χ1) is 10.5. The van der Waals surface area contributed by atoms with Crippen LogP contribution in [0.15, 0.2) is 42.7 Å². The Hall–Kier alpha value is -2.17. The third-order valence-electron chi connectivity index (χ3n) is 3.25. The van der Waals surface area contributed by atoms with Crippen molar-refractivity contribution in [2.24, 2.45) is 5.73 Å². The van der Waals surface area contributed by atoms with Gasteiger partial charge >= 0.3 is 0 Å². The van der Waals surface area contributed by atoms with Crippen LogP contribution in [-0.4, -0.2) is 15.9 Å². The second-order valence-electron chi connectivity index (χ2n) is 4.88. The lowest BCUT2D eigenvalue weighted by Crippen LogP contribution is -2.11. The summed E-state index contributed by atoms with van der Waals surface area (Å²) < 4.78 is 0. The van der Waals surface area contributed by atoms with E-state index in [0.717, 1.165) is 16.6 Å². The number of primary amides is 1. The van der Waals surface area contributed by atoms with Gasteiger partial charge in [0.1, 0.15) is 0 Å². The Morgan fingerprint density at radius 1 is 1.14 bits per heavy atom. The standard InChI is InChI=1S/C16H11Cl2N3O/c17-12-6-11-3-9(5-14(18)15(11)21-8-12)4-13-7-10(16(19)22)1-2-20-13/h1-3,5-8H,4H2,(H2,19,22). The van der Waals surface area contributed by atoms with Gasteiger partial charge in [0.15, 0.2) is 0 Å². The van der Waals surface area contributed by atoms with E-state index in [1.54, 1.807) is 24.5 Å². The first-order valence-electron chi connectivity index (χ1n) is 6.51. The van der Waals surface area contributed by atoms with Crippen molar-refractivity contribution in [3.63, 3.8) is 0 Å². The highest BCUT2D eigenvalue weighted by atomic mass is 35.5. The lowest BCUT2D eigenvalue weighted by molar-refractivity contribution is 0.1000. The molecule has 0 radical (unpaired) electrons. The molecule has 4 nitrogen and oxygen atoms in total. The zero-order valence-electron chi connectivity index (χ0n) is 11.4. The van der Waals surface area contributed by atoms with Crippen LogP contribution in [0.3, 0.4) is 0 Å². The molecule has 0 unspecified atom stereocenters. The van der Waals surface area contributed by atoms with Gasteiger partial charge in [-0.05, 0) is 35.9 Å². The topological polar surface area (TPSA) is 68.9 Å². The second-order valence-corrected chi connectivity index (χ2v) is 5.72. The van der Waals surface area contributed by atoms with Gasteiger partial charge in [0.05, 0.1) is 15.6 Å². The van der Waals surface area contributed by atoms with E-state index in [2.05, 4.69) is 9.97 Å². The number of amides is 1. The van der Waals surface area contributed by atoms with Gasteiger partial charge in [0, 0.05) is 35.5 Å². The van der Waals surface area contributed by atoms with E-state index in [1.165, 1.54) is 0 Å². The number of rotatable bonds is 3. The number of nitrogens with two attached hydrogens (primary N) is 1.